The van der Waals surface area contributed by atoms with Crippen LogP contribution >= 0.6 is 11.3 Å². The van der Waals surface area contributed by atoms with E-state index in [9.17, 15) is 0 Å². The third kappa shape index (κ3) is 4.70. The highest BCUT2D eigenvalue weighted by Gasteiger charge is 2.24. The number of thiazole rings is 1. The van der Waals surface area contributed by atoms with Gasteiger partial charge in [-0.1, -0.05) is 0 Å². The predicted octanol–water partition coefficient (Wildman–Crippen LogP) is 1.87. The number of methoxy groups -OCH3 is 2. The number of hydrogen-bond acceptors (Lipinski definition) is 6. The third-order valence-corrected chi connectivity index (χ3v) is 4.58. The Bertz CT molecular complexity index is 407. The van der Waals surface area contributed by atoms with E-state index in [4.69, 9.17) is 14.5 Å². The summed E-state index contributed by atoms with van der Waals surface area (Å²) >= 11 is 1.77. The van der Waals surface area contributed by atoms with E-state index < -0.39 is 0 Å². The van der Waals surface area contributed by atoms with Crippen molar-refractivity contribution >= 4 is 16.5 Å². The molecule has 1 aromatic heterocycles. The topological polar surface area (TPSA) is 46.6 Å². The summed E-state index contributed by atoms with van der Waals surface area (Å²) in [6.07, 6.45) is 2.73. The summed E-state index contributed by atoms with van der Waals surface area (Å²) in [5.41, 5.74) is 1.06. The Labute approximate surface area is 125 Å². The molecule has 1 aliphatic carbocycles. The molecule has 1 saturated carbocycles. The molecule has 5 nitrogen and oxygen atoms in total. The molecule has 0 radical (unpaired) electrons. The van der Waals surface area contributed by atoms with Gasteiger partial charge < -0.3 is 19.7 Å². The van der Waals surface area contributed by atoms with Crippen molar-refractivity contribution in [2.45, 2.75) is 26.0 Å². The minimum Gasteiger partial charge on any atom is -0.383 e. The highest BCUT2D eigenvalue weighted by atomic mass is 32.1. The normalized spacial score (nSPS) is 14.8. The highest BCUT2D eigenvalue weighted by molar-refractivity contribution is 7.15. The maximum Gasteiger partial charge on any atom is 0.185 e. The summed E-state index contributed by atoms with van der Waals surface area (Å²) in [6, 6.07) is 0. The number of aromatic nitrogens is 1. The van der Waals surface area contributed by atoms with Crippen molar-refractivity contribution in [2.75, 3.05) is 45.9 Å². The molecule has 0 aromatic carbocycles. The van der Waals surface area contributed by atoms with Gasteiger partial charge in [0.25, 0.3) is 0 Å². The van der Waals surface area contributed by atoms with Gasteiger partial charge in [0.15, 0.2) is 5.13 Å². The SMILES string of the molecule is COCCNCc1sc(N(C)CC2CC2)nc1COC. The largest absolute Gasteiger partial charge is 0.383 e. The van der Waals surface area contributed by atoms with Gasteiger partial charge in [0.2, 0.25) is 0 Å². The van der Waals surface area contributed by atoms with E-state index >= 15 is 0 Å². The van der Waals surface area contributed by atoms with Crippen LogP contribution in [0.3, 0.4) is 0 Å². The van der Waals surface area contributed by atoms with Crippen LogP contribution in [-0.2, 0) is 22.6 Å². The number of hydrogen-bond donors (Lipinski definition) is 1. The second-order valence-electron chi connectivity index (χ2n) is 5.29. The van der Waals surface area contributed by atoms with Gasteiger partial charge in [-0.15, -0.1) is 11.3 Å². The molecule has 20 heavy (non-hydrogen) atoms. The molecule has 6 heteroatoms. The van der Waals surface area contributed by atoms with Crippen LogP contribution < -0.4 is 10.2 Å². The van der Waals surface area contributed by atoms with Gasteiger partial charge in [-0.25, -0.2) is 4.98 Å². The molecule has 0 aliphatic heterocycles. The van der Waals surface area contributed by atoms with Gasteiger partial charge in [0, 0.05) is 45.8 Å². The van der Waals surface area contributed by atoms with Crippen molar-refractivity contribution in [1.82, 2.24) is 10.3 Å². The summed E-state index contributed by atoms with van der Waals surface area (Å²) in [5, 5.41) is 4.48. The van der Waals surface area contributed by atoms with Crippen LogP contribution in [0.25, 0.3) is 0 Å². The van der Waals surface area contributed by atoms with Gasteiger partial charge in [-0.05, 0) is 18.8 Å². The van der Waals surface area contributed by atoms with Gasteiger partial charge in [-0.2, -0.15) is 0 Å². The Kier molecular flexibility index (Phi) is 6.22. The number of ether oxygens (including phenoxy) is 2. The first-order chi connectivity index (χ1) is 9.74. The summed E-state index contributed by atoms with van der Waals surface area (Å²) < 4.78 is 10.3. The van der Waals surface area contributed by atoms with Crippen molar-refractivity contribution in [3.05, 3.63) is 10.6 Å². The highest BCUT2D eigenvalue weighted by Crippen LogP contribution is 2.33. The fourth-order valence-corrected chi connectivity index (χ4v) is 3.07. The van der Waals surface area contributed by atoms with Crippen LogP contribution in [0.15, 0.2) is 0 Å². The standard InChI is InChI=1S/C14H25N3O2S/c1-17(9-11-4-5-11)14-16-12(10-19-3)13(20-14)8-15-6-7-18-2/h11,15H,4-10H2,1-3H3. The summed E-state index contributed by atoms with van der Waals surface area (Å²) in [6.45, 7) is 4.11. The molecule has 114 valence electrons. The van der Waals surface area contributed by atoms with E-state index in [-0.39, 0.29) is 0 Å². The first kappa shape index (κ1) is 15.7. The van der Waals surface area contributed by atoms with Gasteiger partial charge >= 0.3 is 0 Å². The summed E-state index contributed by atoms with van der Waals surface area (Å²) in [4.78, 5) is 8.27. The summed E-state index contributed by atoms with van der Waals surface area (Å²) in [5.74, 6) is 0.873. The fraction of sp³-hybridized carbons (Fsp3) is 0.786. The first-order valence-electron chi connectivity index (χ1n) is 7.13. The van der Waals surface area contributed by atoms with E-state index in [0.717, 1.165) is 43.0 Å². The zero-order chi connectivity index (χ0) is 14.4. The Morgan fingerprint density at radius 2 is 2.15 bits per heavy atom. The Hall–Kier alpha value is -0.690. The minimum atomic E-state index is 0.578. The van der Waals surface area contributed by atoms with Crippen molar-refractivity contribution < 1.29 is 9.47 Å². The number of nitrogens with one attached hydrogen (secondary N) is 1. The molecule has 0 atom stereocenters. The van der Waals surface area contributed by atoms with Gasteiger partial charge in [0.1, 0.15) is 0 Å². The monoisotopic (exact) mass is 299 g/mol. The average molecular weight is 299 g/mol. The predicted molar refractivity (Wildman–Crippen MR) is 82.4 cm³/mol. The Balaban J connectivity index is 1.94. The fourth-order valence-electron chi connectivity index (χ4n) is 2.06. The average Bonchev–Trinajstić information content (AvgIpc) is 3.15. The smallest absolute Gasteiger partial charge is 0.185 e. The molecule has 0 amide bonds. The van der Waals surface area contributed by atoms with E-state index in [1.807, 2.05) is 0 Å². The lowest BCUT2D eigenvalue weighted by molar-refractivity contribution is 0.181. The van der Waals surface area contributed by atoms with E-state index in [0.29, 0.717) is 6.61 Å². The number of nitrogens with zero attached hydrogens (tertiary/aromatic N) is 2. The van der Waals surface area contributed by atoms with Crippen LogP contribution in [0.2, 0.25) is 0 Å². The lowest BCUT2D eigenvalue weighted by Gasteiger charge is -2.14. The zero-order valence-corrected chi connectivity index (χ0v) is 13.5. The van der Waals surface area contributed by atoms with E-state index in [1.165, 1.54) is 17.7 Å². The molecule has 0 unspecified atom stereocenters. The minimum absolute atomic E-state index is 0.578. The molecule has 2 rings (SSSR count). The Morgan fingerprint density at radius 1 is 1.35 bits per heavy atom. The van der Waals surface area contributed by atoms with Crippen LogP contribution in [-0.4, -0.2) is 45.9 Å². The van der Waals surface area contributed by atoms with Crippen molar-refractivity contribution in [3.8, 4) is 0 Å². The molecule has 1 heterocycles. The van der Waals surface area contributed by atoms with Crippen molar-refractivity contribution in [2.24, 2.45) is 5.92 Å². The molecule has 1 aromatic rings. The van der Waals surface area contributed by atoms with E-state index in [1.54, 1.807) is 25.6 Å². The maximum atomic E-state index is 5.26. The summed E-state index contributed by atoms with van der Waals surface area (Å²) in [7, 11) is 5.57. The molecule has 0 bridgehead atoms. The molecule has 1 N–H and O–H groups in total. The third-order valence-electron chi connectivity index (χ3n) is 3.37. The maximum absolute atomic E-state index is 5.26. The van der Waals surface area contributed by atoms with Crippen molar-refractivity contribution in [3.63, 3.8) is 0 Å². The zero-order valence-electron chi connectivity index (χ0n) is 12.6. The molecule has 0 spiro atoms. The molecule has 1 fully saturated rings. The molecular weight excluding hydrogens is 274 g/mol. The second kappa shape index (κ2) is 7.93. The van der Waals surface area contributed by atoms with Crippen molar-refractivity contribution in [1.29, 1.82) is 0 Å². The Morgan fingerprint density at radius 3 is 2.80 bits per heavy atom. The second-order valence-corrected chi connectivity index (χ2v) is 6.35. The van der Waals surface area contributed by atoms with Crippen LogP contribution in [0, 0.1) is 5.92 Å². The molecular formula is C14H25N3O2S. The molecule has 0 saturated heterocycles. The lowest BCUT2D eigenvalue weighted by Crippen LogP contribution is -2.19. The molecule has 1 aliphatic rings. The van der Waals surface area contributed by atoms with Gasteiger partial charge in [0.05, 0.1) is 18.9 Å². The quantitative estimate of drug-likeness (QED) is 0.668. The number of anilines is 1. The van der Waals surface area contributed by atoms with E-state index in [2.05, 4.69) is 17.3 Å². The number of rotatable bonds is 10. The first-order valence-corrected chi connectivity index (χ1v) is 7.94. The van der Waals surface area contributed by atoms with Crippen LogP contribution in [0.4, 0.5) is 5.13 Å². The van der Waals surface area contributed by atoms with Gasteiger partial charge in [-0.3, -0.25) is 0 Å². The van der Waals surface area contributed by atoms with Crippen LogP contribution in [0.1, 0.15) is 23.4 Å². The lowest BCUT2D eigenvalue weighted by atomic mass is 10.3. The van der Waals surface area contributed by atoms with Crippen LogP contribution in [0.5, 0.6) is 0 Å².